The minimum absolute atomic E-state index is 0.0220. The summed E-state index contributed by atoms with van der Waals surface area (Å²) >= 11 is 3.45. The smallest absolute Gasteiger partial charge is 0.303 e. The normalized spacial score (nSPS) is 15.9. The molecular weight excluding hydrogens is 346 g/mol. The first-order chi connectivity index (χ1) is 10.5. The molecule has 1 fully saturated rings. The summed E-state index contributed by atoms with van der Waals surface area (Å²) in [5.74, 6) is -0.780. The van der Waals surface area contributed by atoms with E-state index in [1.165, 1.54) is 12.0 Å². The molecule has 22 heavy (non-hydrogen) atoms. The number of amides is 1. The van der Waals surface area contributed by atoms with Gasteiger partial charge in [0.15, 0.2) is 0 Å². The van der Waals surface area contributed by atoms with Gasteiger partial charge in [-0.3, -0.25) is 9.59 Å². The number of aliphatic carboxylic acids is 1. The molecular formula is C17H22BrNO3. The zero-order chi connectivity index (χ0) is 16.0. The molecule has 1 aliphatic carbocycles. The number of halogens is 1. The van der Waals surface area contributed by atoms with Gasteiger partial charge in [-0.25, -0.2) is 0 Å². The van der Waals surface area contributed by atoms with Gasteiger partial charge in [0.2, 0.25) is 5.91 Å². The Labute approximate surface area is 139 Å². The van der Waals surface area contributed by atoms with Gasteiger partial charge in [-0.2, -0.15) is 0 Å². The van der Waals surface area contributed by atoms with Crippen LogP contribution >= 0.6 is 15.9 Å². The number of carboxylic acid groups (broad SMARTS) is 1. The van der Waals surface area contributed by atoms with E-state index < -0.39 is 5.97 Å². The Balaban J connectivity index is 1.80. The lowest BCUT2D eigenvalue weighted by Crippen LogP contribution is -2.45. The van der Waals surface area contributed by atoms with E-state index in [4.69, 9.17) is 5.11 Å². The second-order valence-corrected chi connectivity index (χ2v) is 6.93. The van der Waals surface area contributed by atoms with Crippen molar-refractivity contribution in [2.24, 2.45) is 0 Å². The summed E-state index contributed by atoms with van der Waals surface area (Å²) in [4.78, 5) is 22.3. The molecule has 1 amide bonds. The van der Waals surface area contributed by atoms with Crippen molar-refractivity contribution < 1.29 is 14.7 Å². The molecule has 2 N–H and O–H groups in total. The third-order valence-electron chi connectivity index (χ3n) is 4.44. The lowest BCUT2D eigenvalue weighted by molar-refractivity contribution is -0.137. The first-order valence-corrected chi connectivity index (χ1v) is 8.56. The van der Waals surface area contributed by atoms with Crippen LogP contribution in [0.25, 0.3) is 0 Å². The van der Waals surface area contributed by atoms with Crippen LogP contribution in [0, 0.1) is 0 Å². The lowest BCUT2D eigenvalue weighted by Gasteiger charge is -2.42. The topological polar surface area (TPSA) is 66.4 Å². The molecule has 0 atom stereocenters. The van der Waals surface area contributed by atoms with Crippen molar-refractivity contribution in [2.45, 2.75) is 50.4 Å². The van der Waals surface area contributed by atoms with Crippen molar-refractivity contribution in [3.8, 4) is 0 Å². The third-order valence-corrected chi connectivity index (χ3v) is 4.96. The Morgan fingerprint density at radius 2 is 1.77 bits per heavy atom. The highest BCUT2D eigenvalue weighted by atomic mass is 79.9. The van der Waals surface area contributed by atoms with Crippen LogP contribution in [0.5, 0.6) is 0 Å². The number of unbranched alkanes of at least 4 members (excludes halogenated alkanes) is 1. The predicted molar refractivity (Wildman–Crippen MR) is 88.8 cm³/mol. The number of rotatable bonds is 8. The van der Waals surface area contributed by atoms with Gasteiger partial charge < -0.3 is 10.4 Å². The Morgan fingerprint density at radius 1 is 1.14 bits per heavy atom. The fourth-order valence-corrected chi connectivity index (χ4v) is 3.16. The molecule has 0 spiro atoms. The molecule has 1 aliphatic rings. The van der Waals surface area contributed by atoms with Crippen molar-refractivity contribution in [1.29, 1.82) is 0 Å². The summed E-state index contributed by atoms with van der Waals surface area (Å²) in [5.41, 5.74) is 1.37. The molecule has 5 heteroatoms. The van der Waals surface area contributed by atoms with Crippen LogP contribution < -0.4 is 5.32 Å². The van der Waals surface area contributed by atoms with Gasteiger partial charge in [-0.1, -0.05) is 34.5 Å². The van der Waals surface area contributed by atoms with Crippen molar-refractivity contribution in [3.05, 3.63) is 34.3 Å². The van der Waals surface area contributed by atoms with E-state index in [0.29, 0.717) is 25.8 Å². The van der Waals surface area contributed by atoms with Crippen LogP contribution in [0.15, 0.2) is 28.7 Å². The quantitative estimate of drug-likeness (QED) is 0.689. The van der Waals surface area contributed by atoms with Crippen LogP contribution in [0.2, 0.25) is 0 Å². The van der Waals surface area contributed by atoms with Gasteiger partial charge in [-0.05, 0) is 43.4 Å². The van der Waals surface area contributed by atoms with Crippen molar-refractivity contribution >= 4 is 27.8 Å². The van der Waals surface area contributed by atoms with E-state index in [1.807, 2.05) is 12.1 Å². The average Bonchev–Trinajstić information content (AvgIpc) is 2.44. The van der Waals surface area contributed by atoms with E-state index >= 15 is 0 Å². The van der Waals surface area contributed by atoms with Gasteiger partial charge in [0.05, 0.1) is 0 Å². The third kappa shape index (κ3) is 4.57. The largest absolute Gasteiger partial charge is 0.481 e. The number of nitrogens with one attached hydrogen (secondary N) is 1. The van der Waals surface area contributed by atoms with E-state index in [2.05, 4.69) is 33.4 Å². The zero-order valence-electron chi connectivity index (χ0n) is 12.6. The molecule has 4 nitrogen and oxygen atoms in total. The van der Waals surface area contributed by atoms with E-state index in [9.17, 15) is 9.59 Å². The Hall–Kier alpha value is -1.36. The molecule has 0 bridgehead atoms. The maximum atomic E-state index is 11.9. The standard InChI is InChI=1S/C17H22BrNO3/c18-14-8-6-13(7-9-14)17(10-3-11-17)12-19-15(20)4-1-2-5-16(21)22/h6-9H,1-5,10-12H2,(H,19,20)(H,21,22). The summed E-state index contributed by atoms with van der Waals surface area (Å²) in [7, 11) is 0. The Kier molecular flexibility index (Phi) is 6.00. The van der Waals surface area contributed by atoms with E-state index in [-0.39, 0.29) is 17.7 Å². The second kappa shape index (κ2) is 7.77. The number of carbonyl (C=O) groups is 2. The number of benzene rings is 1. The molecule has 0 aliphatic heterocycles. The SMILES string of the molecule is O=C(O)CCCCC(=O)NCC1(c2ccc(Br)cc2)CCC1. The highest BCUT2D eigenvalue weighted by Gasteiger charge is 2.38. The Morgan fingerprint density at radius 3 is 2.32 bits per heavy atom. The van der Waals surface area contributed by atoms with Crippen molar-refractivity contribution in [3.63, 3.8) is 0 Å². The summed E-state index contributed by atoms with van der Waals surface area (Å²) in [6.07, 6.45) is 5.14. The lowest BCUT2D eigenvalue weighted by atomic mass is 9.64. The fourth-order valence-electron chi connectivity index (χ4n) is 2.89. The van der Waals surface area contributed by atoms with Gasteiger partial charge in [0, 0.05) is 29.3 Å². The molecule has 0 heterocycles. The van der Waals surface area contributed by atoms with Crippen LogP contribution in [0.1, 0.15) is 50.5 Å². The molecule has 0 unspecified atom stereocenters. The Bertz CT molecular complexity index is 523. The van der Waals surface area contributed by atoms with Gasteiger partial charge in [0.25, 0.3) is 0 Å². The summed E-state index contributed by atoms with van der Waals surface area (Å²) < 4.78 is 1.06. The predicted octanol–water partition coefficient (Wildman–Crippen LogP) is 3.63. The average molecular weight is 368 g/mol. The van der Waals surface area contributed by atoms with Crippen molar-refractivity contribution in [2.75, 3.05) is 6.54 Å². The van der Waals surface area contributed by atoms with Gasteiger partial charge >= 0.3 is 5.97 Å². The summed E-state index contributed by atoms with van der Waals surface area (Å²) in [6.45, 7) is 0.673. The molecule has 2 rings (SSSR count). The van der Waals surface area contributed by atoms with Gasteiger partial charge in [-0.15, -0.1) is 0 Å². The number of carboxylic acids is 1. The van der Waals surface area contributed by atoms with Gasteiger partial charge in [0.1, 0.15) is 0 Å². The maximum Gasteiger partial charge on any atom is 0.303 e. The van der Waals surface area contributed by atoms with E-state index in [1.54, 1.807) is 0 Å². The molecule has 0 radical (unpaired) electrons. The minimum atomic E-state index is -0.802. The number of hydrogen-bond acceptors (Lipinski definition) is 2. The number of hydrogen-bond donors (Lipinski definition) is 2. The summed E-state index contributed by atoms with van der Waals surface area (Å²) in [5, 5.41) is 11.6. The fraction of sp³-hybridized carbons (Fsp3) is 0.529. The first-order valence-electron chi connectivity index (χ1n) is 7.76. The molecule has 0 saturated heterocycles. The molecule has 1 aromatic rings. The van der Waals surface area contributed by atoms with Crippen LogP contribution in [-0.2, 0) is 15.0 Å². The molecule has 1 saturated carbocycles. The number of carbonyl (C=O) groups excluding carboxylic acids is 1. The van der Waals surface area contributed by atoms with Crippen molar-refractivity contribution in [1.82, 2.24) is 5.32 Å². The van der Waals surface area contributed by atoms with E-state index in [0.717, 1.165) is 17.3 Å². The second-order valence-electron chi connectivity index (χ2n) is 6.02. The molecule has 0 aromatic heterocycles. The summed E-state index contributed by atoms with van der Waals surface area (Å²) in [6, 6.07) is 8.34. The highest BCUT2D eigenvalue weighted by molar-refractivity contribution is 9.10. The first kappa shape index (κ1) is 17.0. The highest BCUT2D eigenvalue weighted by Crippen LogP contribution is 2.43. The van der Waals surface area contributed by atoms with Crippen LogP contribution in [0.3, 0.4) is 0 Å². The molecule has 120 valence electrons. The zero-order valence-corrected chi connectivity index (χ0v) is 14.2. The molecule has 1 aromatic carbocycles. The van der Waals surface area contributed by atoms with Crippen LogP contribution in [-0.4, -0.2) is 23.5 Å². The van der Waals surface area contributed by atoms with Crippen LogP contribution in [0.4, 0.5) is 0 Å². The minimum Gasteiger partial charge on any atom is -0.481 e. The monoisotopic (exact) mass is 367 g/mol. The maximum absolute atomic E-state index is 11.9.